The second kappa shape index (κ2) is 6.68. The first-order valence-electron chi connectivity index (χ1n) is 7.69. The summed E-state index contributed by atoms with van der Waals surface area (Å²) in [5.74, 6) is 0.402. The van der Waals surface area contributed by atoms with Crippen LogP contribution in [0.4, 0.5) is 0 Å². The first kappa shape index (κ1) is 16.0. The molecule has 0 saturated heterocycles. The summed E-state index contributed by atoms with van der Waals surface area (Å²) in [4.78, 5) is 4.34. The van der Waals surface area contributed by atoms with Crippen molar-refractivity contribution < 1.29 is 13.2 Å². The van der Waals surface area contributed by atoms with Crippen molar-refractivity contribution in [3.8, 4) is 5.75 Å². The monoisotopic (exact) mass is 332 g/mol. The number of pyridine rings is 1. The number of rotatable bonds is 5. The van der Waals surface area contributed by atoms with Crippen molar-refractivity contribution in [2.75, 3.05) is 7.11 Å². The van der Waals surface area contributed by atoms with Gasteiger partial charge in [0.2, 0.25) is 10.0 Å². The number of nitrogens with one attached hydrogen (secondary N) is 1. The Morgan fingerprint density at radius 3 is 2.57 bits per heavy atom. The van der Waals surface area contributed by atoms with Crippen molar-refractivity contribution in [2.24, 2.45) is 0 Å². The van der Waals surface area contributed by atoms with Crippen LogP contribution in [0, 0.1) is 0 Å². The molecule has 0 atom stereocenters. The molecule has 23 heavy (non-hydrogen) atoms. The number of fused-ring (bicyclic) bond motifs is 1. The van der Waals surface area contributed by atoms with Crippen molar-refractivity contribution in [3.05, 3.63) is 53.3 Å². The normalized spacial score (nSPS) is 14.3. The predicted molar refractivity (Wildman–Crippen MR) is 87.9 cm³/mol. The molecule has 0 bridgehead atoms. The van der Waals surface area contributed by atoms with Crippen LogP contribution >= 0.6 is 0 Å². The number of ether oxygens (including phenoxy) is 1. The fourth-order valence-electron chi connectivity index (χ4n) is 2.86. The van der Waals surface area contributed by atoms with Crippen LogP contribution in [0.5, 0.6) is 5.75 Å². The van der Waals surface area contributed by atoms with Gasteiger partial charge >= 0.3 is 0 Å². The van der Waals surface area contributed by atoms with Crippen LogP contribution in [-0.4, -0.2) is 20.5 Å². The molecule has 6 heteroatoms. The minimum Gasteiger partial charge on any atom is -0.495 e. The highest BCUT2D eigenvalue weighted by atomic mass is 32.2. The number of hydrogen-bond donors (Lipinski definition) is 1. The lowest BCUT2D eigenvalue weighted by Crippen LogP contribution is -2.24. The van der Waals surface area contributed by atoms with Gasteiger partial charge < -0.3 is 4.74 Å². The fourth-order valence-corrected chi connectivity index (χ4v) is 4.06. The van der Waals surface area contributed by atoms with Gasteiger partial charge in [-0.2, -0.15) is 0 Å². The third-order valence-corrected chi connectivity index (χ3v) is 5.51. The van der Waals surface area contributed by atoms with E-state index in [-0.39, 0.29) is 11.4 Å². The van der Waals surface area contributed by atoms with Gasteiger partial charge in [0, 0.05) is 6.20 Å². The maximum atomic E-state index is 12.7. The Kier molecular flexibility index (Phi) is 4.63. The topological polar surface area (TPSA) is 68.3 Å². The Morgan fingerprint density at radius 2 is 1.91 bits per heavy atom. The molecular formula is C17H20N2O3S. The number of benzene rings is 1. The van der Waals surface area contributed by atoms with E-state index < -0.39 is 10.0 Å². The summed E-state index contributed by atoms with van der Waals surface area (Å²) < 4.78 is 33.2. The summed E-state index contributed by atoms with van der Waals surface area (Å²) in [6.07, 6.45) is 5.78. The van der Waals surface area contributed by atoms with Crippen LogP contribution in [0.1, 0.15) is 29.7 Å². The molecule has 0 unspecified atom stereocenters. The minimum atomic E-state index is -3.65. The molecule has 1 aromatic heterocycles. The van der Waals surface area contributed by atoms with Crippen molar-refractivity contribution in [3.63, 3.8) is 0 Å². The molecule has 1 N–H and O–H groups in total. The van der Waals surface area contributed by atoms with Crippen LogP contribution < -0.4 is 9.46 Å². The first-order valence-corrected chi connectivity index (χ1v) is 9.18. The van der Waals surface area contributed by atoms with E-state index in [1.165, 1.54) is 12.7 Å². The summed E-state index contributed by atoms with van der Waals surface area (Å²) in [7, 11) is -2.15. The molecule has 0 amide bonds. The van der Waals surface area contributed by atoms with E-state index in [2.05, 4.69) is 9.71 Å². The van der Waals surface area contributed by atoms with Gasteiger partial charge in [-0.15, -0.1) is 0 Å². The Balaban J connectivity index is 1.89. The Labute approximate surface area is 136 Å². The molecule has 5 nitrogen and oxygen atoms in total. The van der Waals surface area contributed by atoms with Crippen LogP contribution in [-0.2, 0) is 29.4 Å². The average molecular weight is 332 g/mol. The lowest BCUT2D eigenvalue weighted by atomic mass is 9.92. The highest BCUT2D eigenvalue weighted by Gasteiger charge is 2.23. The van der Waals surface area contributed by atoms with Gasteiger partial charge in [0.25, 0.3) is 0 Å². The van der Waals surface area contributed by atoms with E-state index in [9.17, 15) is 8.42 Å². The molecule has 1 aromatic carbocycles. The van der Waals surface area contributed by atoms with Crippen molar-refractivity contribution in [2.45, 2.75) is 37.1 Å². The SMILES string of the molecule is COc1cc2c(cc1S(=O)(=O)NCc1ccccn1)CCCC2. The molecular weight excluding hydrogens is 312 g/mol. The fraction of sp³-hybridized carbons (Fsp3) is 0.353. The Morgan fingerprint density at radius 1 is 1.17 bits per heavy atom. The molecule has 1 aliphatic rings. The van der Waals surface area contributed by atoms with Crippen LogP contribution in [0.3, 0.4) is 0 Å². The van der Waals surface area contributed by atoms with E-state index in [0.29, 0.717) is 11.4 Å². The molecule has 0 aliphatic heterocycles. The molecule has 0 saturated carbocycles. The quantitative estimate of drug-likeness (QED) is 0.913. The van der Waals surface area contributed by atoms with Gasteiger partial charge in [-0.1, -0.05) is 6.07 Å². The number of aromatic nitrogens is 1. The number of sulfonamides is 1. The van der Waals surface area contributed by atoms with E-state index in [1.54, 1.807) is 24.4 Å². The van der Waals surface area contributed by atoms with E-state index in [0.717, 1.165) is 31.2 Å². The minimum absolute atomic E-state index is 0.156. The van der Waals surface area contributed by atoms with Gasteiger partial charge in [0.1, 0.15) is 10.6 Å². The van der Waals surface area contributed by atoms with Gasteiger partial charge in [-0.3, -0.25) is 4.98 Å². The molecule has 2 aromatic rings. The summed E-state index contributed by atoms with van der Waals surface area (Å²) in [6.45, 7) is 0.156. The maximum Gasteiger partial charge on any atom is 0.244 e. The summed E-state index contributed by atoms with van der Waals surface area (Å²) in [6, 6.07) is 9.03. The highest BCUT2D eigenvalue weighted by Crippen LogP contribution is 2.31. The van der Waals surface area contributed by atoms with Crippen molar-refractivity contribution >= 4 is 10.0 Å². The predicted octanol–water partition coefficient (Wildman–Crippen LogP) is 2.45. The van der Waals surface area contributed by atoms with Crippen molar-refractivity contribution in [1.29, 1.82) is 0 Å². The first-order chi connectivity index (χ1) is 11.1. The van der Waals surface area contributed by atoms with Gasteiger partial charge in [0.05, 0.1) is 19.3 Å². The standard InChI is InChI=1S/C17H20N2O3S/c1-22-16-10-13-6-2-3-7-14(13)11-17(16)23(20,21)19-12-15-8-4-5-9-18-15/h4-5,8-11,19H,2-3,6-7,12H2,1H3. The van der Waals surface area contributed by atoms with Gasteiger partial charge in [-0.05, 0) is 61.1 Å². The third kappa shape index (κ3) is 3.54. The maximum absolute atomic E-state index is 12.7. The highest BCUT2D eigenvalue weighted by molar-refractivity contribution is 7.89. The van der Waals surface area contributed by atoms with Gasteiger partial charge in [0.15, 0.2) is 0 Å². The molecule has 1 aliphatic carbocycles. The number of nitrogens with zero attached hydrogens (tertiary/aromatic N) is 1. The van der Waals surface area contributed by atoms with E-state index in [1.807, 2.05) is 12.1 Å². The average Bonchev–Trinajstić information content (AvgIpc) is 2.60. The summed E-state index contributed by atoms with van der Waals surface area (Å²) >= 11 is 0. The zero-order chi connectivity index (χ0) is 16.3. The number of hydrogen-bond acceptors (Lipinski definition) is 4. The molecule has 0 spiro atoms. The zero-order valence-electron chi connectivity index (χ0n) is 13.1. The number of aryl methyl sites for hydroxylation is 2. The van der Waals surface area contributed by atoms with E-state index >= 15 is 0 Å². The lowest BCUT2D eigenvalue weighted by Gasteiger charge is -2.19. The zero-order valence-corrected chi connectivity index (χ0v) is 13.9. The smallest absolute Gasteiger partial charge is 0.244 e. The molecule has 122 valence electrons. The third-order valence-electron chi connectivity index (χ3n) is 4.09. The van der Waals surface area contributed by atoms with Crippen molar-refractivity contribution in [1.82, 2.24) is 9.71 Å². The Bertz CT molecular complexity index is 789. The second-order valence-electron chi connectivity index (χ2n) is 5.62. The van der Waals surface area contributed by atoms with E-state index in [4.69, 9.17) is 4.74 Å². The Hall–Kier alpha value is -1.92. The number of methoxy groups -OCH3 is 1. The second-order valence-corrected chi connectivity index (χ2v) is 7.36. The molecule has 1 heterocycles. The lowest BCUT2D eigenvalue weighted by molar-refractivity contribution is 0.401. The van der Waals surface area contributed by atoms with Gasteiger partial charge in [-0.25, -0.2) is 13.1 Å². The summed E-state index contributed by atoms with van der Waals surface area (Å²) in [5.41, 5.74) is 2.97. The molecule has 0 radical (unpaired) electrons. The molecule has 0 fully saturated rings. The van der Waals surface area contributed by atoms with Crippen LogP contribution in [0.25, 0.3) is 0 Å². The molecule has 3 rings (SSSR count). The largest absolute Gasteiger partial charge is 0.495 e. The summed E-state index contributed by atoms with van der Waals surface area (Å²) in [5, 5.41) is 0. The van der Waals surface area contributed by atoms with Crippen LogP contribution in [0.2, 0.25) is 0 Å². The van der Waals surface area contributed by atoms with Crippen LogP contribution in [0.15, 0.2) is 41.4 Å².